The lowest BCUT2D eigenvalue weighted by Gasteiger charge is -2.33. The van der Waals surface area contributed by atoms with Gasteiger partial charge in [-0.2, -0.15) is 0 Å². The molecule has 1 unspecified atom stereocenters. The summed E-state index contributed by atoms with van der Waals surface area (Å²) in [4.78, 5) is 18.6. The number of hydrogen-bond acceptors (Lipinski definition) is 7. The molecule has 2 aliphatic heterocycles. The third-order valence-corrected chi connectivity index (χ3v) is 6.47. The van der Waals surface area contributed by atoms with Crippen molar-refractivity contribution in [3.8, 4) is 11.5 Å². The van der Waals surface area contributed by atoms with Crippen molar-refractivity contribution in [2.24, 2.45) is 0 Å². The molecule has 0 amide bonds. The number of halogens is 1. The Balaban J connectivity index is 1.45. The van der Waals surface area contributed by atoms with E-state index in [9.17, 15) is 9.18 Å². The smallest absolute Gasteiger partial charge is 0.253 e. The predicted octanol–water partition coefficient (Wildman–Crippen LogP) is 3.01. The molecule has 6 rings (SSSR count). The van der Waals surface area contributed by atoms with Crippen LogP contribution in [-0.4, -0.2) is 50.0 Å². The van der Waals surface area contributed by atoms with Crippen molar-refractivity contribution in [2.45, 2.75) is 31.8 Å². The molecule has 2 aliphatic rings. The highest BCUT2D eigenvalue weighted by Gasteiger charge is 2.31. The minimum absolute atomic E-state index is 0.164. The molecule has 9 nitrogen and oxygen atoms in total. The molecule has 2 aromatic heterocycles. The normalized spacial score (nSPS) is 16.7. The molecule has 4 aromatic rings. The van der Waals surface area contributed by atoms with Crippen LogP contribution in [0, 0.1) is 5.82 Å². The van der Waals surface area contributed by atoms with E-state index in [1.54, 1.807) is 22.9 Å². The van der Waals surface area contributed by atoms with Crippen LogP contribution >= 0.6 is 0 Å². The molecule has 34 heavy (non-hydrogen) atoms. The maximum Gasteiger partial charge on any atom is 0.253 e. The Morgan fingerprint density at radius 2 is 1.79 bits per heavy atom. The molecular weight excluding hydrogens is 439 g/mol. The lowest BCUT2D eigenvalue weighted by Crippen LogP contribution is -2.38. The first-order valence-corrected chi connectivity index (χ1v) is 11.4. The van der Waals surface area contributed by atoms with Crippen LogP contribution in [0.5, 0.6) is 11.5 Å². The topological polar surface area (TPSA) is 98.2 Å². The van der Waals surface area contributed by atoms with Crippen molar-refractivity contribution in [1.82, 2.24) is 30.1 Å². The molecule has 4 heterocycles. The van der Waals surface area contributed by atoms with Gasteiger partial charge >= 0.3 is 0 Å². The second-order valence-electron chi connectivity index (χ2n) is 8.67. The summed E-state index contributed by atoms with van der Waals surface area (Å²) in [5, 5.41) is 13.3. The van der Waals surface area contributed by atoms with E-state index in [0.29, 0.717) is 34.9 Å². The van der Waals surface area contributed by atoms with Gasteiger partial charge in [0, 0.05) is 17.0 Å². The maximum absolute atomic E-state index is 13.4. The molecule has 10 heteroatoms. The monoisotopic (exact) mass is 462 g/mol. The number of nitrogens with one attached hydrogen (secondary N) is 1. The van der Waals surface area contributed by atoms with Crippen LogP contribution in [0.1, 0.15) is 42.3 Å². The van der Waals surface area contributed by atoms with Gasteiger partial charge in [-0.1, -0.05) is 18.6 Å². The molecule has 0 aliphatic carbocycles. The minimum Gasteiger partial charge on any atom is -0.454 e. The predicted molar refractivity (Wildman–Crippen MR) is 121 cm³/mol. The zero-order valence-electron chi connectivity index (χ0n) is 18.4. The van der Waals surface area contributed by atoms with Crippen LogP contribution in [0.2, 0.25) is 0 Å². The standard InChI is InChI=1S/C24H23FN6O3/c25-17-6-4-15(5-7-17)13-31-23(27-28-29-31)22(30-8-2-1-3-9-30)18-10-16-11-20-21(34-14-33-20)12-19(16)26-24(18)32/h4-7,10-12,22H,1-3,8-9,13-14H2,(H,26,32). The largest absolute Gasteiger partial charge is 0.454 e. The number of ether oxygens (including phenoxy) is 2. The molecule has 174 valence electrons. The zero-order valence-corrected chi connectivity index (χ0v) is 18.4. The number of hydrogen-bond donors (Lipinski definition) is 1. The quantitative estimate of drug-likeness (QED) is 0.487. The van der Waals surface area contributed by atoms with Gasteiger partial charge in [-0.15, -0.1) is 5.10 Å². The Morgan fingerprint density at radius 3 is 2.59 bits per heavy atom. The Hall–Kier alpha value is -3.79. The molecule has 0 radical (unpaired) electrons. The van der Waals surface area contributed by atoms with Crippen molar-refractivity contribution in [3.63, 3.8) is 0 Å². The highest BCUT2D eigenvalue weighted by molar-refractivity contribution is 5.83. The van der Waals surface area contributed by atoms with Crippen molar-refractivity contribution in [3.05, 3.63) is 75.6 Å². The number of benzene rings is 2. The van der Waals surface area contributed by atoms with Crippen LogP contribution in [0.25, 0.3) is 10.9 Å². The highest BCUT2D eigenvalue weighted by atomic mass is 19.1. The van der Waals surface area contributed by atoms with Crippen LogP contribution < -0.4 is 15.0 Å². The van der Waals surface area contributed by atoms with Crippen LogP contribution in [0.4, 0.5) is 4.39 Å². The SMILES string of the molecule is O=c1[nH]c2cc3c(cc2cc1C(c1nnnn1Cc1ccc(F)cc1)N1CCCCC1)OCO3. The van der Waals surface area contributed by atoms with Gasteiger partial charge < -0.3 is 14.5 Å². The Labute approximate surface area is 194 Å². The average Bonchev–Trinajstić information content (AvgIpc) is 3.50. The number of tetrazole rings is 1. The van der Waals surface area contributed by atoms with Crippen LogP contribution in [0.3, 0.4) is 0 Å². The van der Waals surface area contributed by atoms with E-state index in [-0.39, 0.29) is 18.2 Å². The van der Waals surface area contributed by atoms with E-state index >= 15 is 0 Å². The summed E-state index contributed by atoms with van der Waals surface area (Å²) in [5.74, 6) is 1.56. The summed E-state index contributed by atoms with van der Waals surface area (Å²) in [5.41, 5.74) is 1.93. The van der Waals surface area contributed by atoms with Gasteiger partial charge in [0.15, 0.2) is 17.3 Å². The lowest BCUT2D eigenvalue weighted by molar-refractivity contribution is 0.174. The van der Waals surface area contributed by atoms with Crippen molar-refractivity contribution < 1.29 is 13.9 Å². The van der Waals surface area contributed by atoms with Crippen molar-refractivity contribution in [1.29, 1.82) is 0 Å². The second-order valence-corrected chi connectivity index (χ2v) is 8.67. The van der Waals surface area contributed by atoms with Crippen molar-refractivity contribution in [2.75, 3.05) is 19.9 Å². The second kappa shape index (κ2) is 8.53. The first-order valence-electron chi connectivity index (χ1n) is 11.4. The number of H-pyrrole nitrogens is 1. The number of fused-ring (bicyclic) bond motifs is 2. The van der Waals surface area contributed by atoms with E-state index in [4.69, 9.17) is 9.47 Å². The summed E-state index contributed by atoms with van der Waals surface area (Å²) in [6.07, 6.45) is 3.24. The fraction of sp³-hybridized carbons (Fsp3) is 0.333. The van der Waals surface area contributed by atoms with Crippen LogP contribution in [-0.2, 0) is 6.54 Å². The first kappa shape index (κ1) is 20.8. The molecule has 1 N–H and O–H groups in total. The van der Waals surface area contributed by atoms with Gasteiger partial charge in [-0.25, -0.2) is 9.07 Å². The van der Waals surface area contributed by atoms with Gasteiger partial charge in [-0.05, 0) is 66.2 Å². The molecule has 1 fully saturated rings. The number of pyridine rings is 1. The van der Waals surface area contributed by atoms with Gasteiger partial charge in [0.05, 0.1) is 12.1 Å². The fourth-order valence-electron chi connectivity index (χ4n) is 4.77. The minimum atomic E-state index is -0.422. The van der Waals surface area contributed by atoms with Gasteiger partial charge in [0.25, 0.3) is 5.56 Å². The van der Waals surface area contributed by atoms with Crippen LogP contribution in [0.15, 0.2) is 47.3 Å². The number of aromatic amines is 1. The van der Waals surface area contributed by atoms with E-state index in [1.165, 1.54) is 12.1 Å². The third kappa shape index (κ3) is 3.79. The number of aromatic nitrogens is 5. The van der Waals surface area contributed by atoms with Crippen molar-refractivity contribution >= 4 is 10.9 Å². The third-order valence-electron chi connectivity index (χ3n) is 6.47. The van der Waals surface area contributed by atoms with E-state index < -0.39 is 6.04 Å². The molecule has 1 atom stereocenters. The molecule has 0 spiro atoms. The number of likely N-dealkylation sites (tertiary alicyclic amines) is 1. The zero-order chi connectivity index (χ0) is 23.1. The summed E-state index contributed by atoms with van der Waals surface area (Å²) in [6.45, 7) is 2.22. The summed E-state index contributed by atoms with van der Waals surface area (Å²) in [7, 11) is 0. The van der Waals surface area contributed by atoms with Gasteiger partial charge in [0.1, 0.15) is 11.9 Å². The van der Waals surface area contributed by atoms with E-state index in [1.807, 2.05) is 12.1 Å². The Kier molecular flexibility index (Phi) is 5.21. The summed E-state index contributed by atoms with van der Waals surface area (Å²) in [6, 6.07) is 11.4. The first-order chi connectivity index (χ1) is 16.7. The lowest BCUT2D eigenvalue weighted by atomic mass is 10.00. The Bertz CT molecular complexity index is 1390. The summed E-state index contributed by atoms with van der Waals surface area (Å²) >= 11 is 0. The van der Waals surface area contributed by atoms with E-state index in [2.05, 4.69) is 25.4 Å². The highest BCUT2D eigenvalue weighted by Crippen LogP contribution is 2.36. The van der Waals surface area contributed by atoms with Gasteiger partial charge in [0.2, 0.25) is 6.79 Å². The molecule has 0 saturated carbocycles. The molecule has 0 bridgehead atoms. The Morgan fingerprint density at radius 1 is 1.03 bits per heavy atom. The van der Waals surface area contributed by atoms with Gasteiger partial charge in [-0.3, -0.25) is 9.69 Å². The molecule has 2 aromatic carbocycles. The average molecular weight is 462 g/mol. The van der Waals surface area contributed by atoms with E-state index in [0.717, 1.165) is 43.3 Å². The number of nitrogens with zero attached hydrogens (tertiary/aromatic N) is 5. The molecular formula is C24H23FN6O3. The summed E-state index contributed by atoms with van der Waals surface area (Å²) < 4.78 is 26.1. The maximum atomic E-state index is 13.4. The number of rotatable bonds is 5. The fourth-order valence-corrected chi connectivity index (χ4v) is 4.77. The number of piperidine rings is 1. The molecule has 1 saturated heterocycles.